The van der Waals surface area contributed by atoms with Crippen molar-refractivity contribution in [3.05, 3.63) is 29.3 Å². The van der Waals surface area contributed by atoms with E-state index in [0.29, 0.717) is 0 Å². The van der Waals surface area contributed by atoms with Crippen molar-refractivity contribution in [1.82, 2.24) is 4.90 Å². The molecule has 1 atom stereocenters. The summed E-state index contributed by atoms with van der Waals surface area (Å²) in [6.07, 6.45) is 2.93. The molecule has 22 heavy (non-hydrogen) atoms. The molecule has 4 nitrogen and oxygen atoms in total. The van der Waals surface area contributed by atoms with Gasteiger partial charge in [-0.25, -0.2) is 0 Å². The van der Waals surface area contributed by atoms with Crippen molar-refractivity contribution in [3.63, 3.8) is 0 Å². The van der Waals surface area contributed by atoms with E-state index in [-0.39, 0.29) is 11.3 Å². The maximum Gasteiger partial charge on any atom is 0.306 e. The van der Waals surface area contributed by atoms with E-state index in [2.05, 4.69) is 30.0 Å². The summed E-state index contributed by atoms with van der Waals surface area (Å²) >= 11 is 0. The minimum atomic E-state index is -0.693. The molecule has 2 heterocycles. The van der Waals surface area contributed by atoms with E-state index in [1.807, 2.05) is 0 Å². The molecule has 0 aromatic heterocycles. The van der Waals surface area contributed by atoms with Gasteiger partial charge in [-0.2, -0.15) is 0 Å². The van der Waals surface area contributed by atoms with Gasteiger partial charge >= 0.3 is 5.97 Å². The van der Waals surface area contributed by atoms with Crippen LogP contribution in [0.3, 0.4) is 0 Å². The van der Waals surface area contributed by atoms with E-state index < -0.39 is 5.97 Å². The number of hydrogen-bond donors (Lipinski definition) is 1. The van der Waals surface area contributed by atoms with Crippen LogP contribution >= 0.6 is 0 Å². The molecule has 2 aliphatic heterocycles. The lowest BCUT2D eigenvalue weighted by Crippen LogP contribution is -2.44. The molecule has 0 aliphatic carbocycles. The minimum absolute atomic E-state index is 0.179. The molecule has 1 N–H and O–H groups in total. The van der Waals surface area contributed by atoms with Gasteiger partial charge in [0, 0.05) is 11.0 Å². The Balaban J connectivity index is 1.60. The van der Waals surface area contributed by atoms with Crippen molar-refractivity contribution in [2.45, 2.75) is 38.5 Å². The standard InChI is InChI=1S/C18H25NO3/c1-13-3-4-15-16(11-13)22-12-18(15)6-9-19(10-7-18)8-5-14(2)17(20)21/h3-4,11,14H,5-10,12H2,1-2H3,(H,20,21). The number of piperidine rings is 1. The van der Waals surface area contributed by atoms with Gasteiger partial charge in [-0.1, -0.05) is 19.1 Å². The van der Waals surface area contributed by atoms with Gasteiger partial charge in [0.15, 0.2) is 0 Å². The predicted molar refractivity (Wildman–Crippen MR) is 85.4 cm³/mol. The molecule has 1 spiro atoms. The summed E-state index contributed by atoms with van der Waals surface area (Å²) in [6, 6.07) is 6.56. The van der Waals surface area contributed by atoms with Crippen LogP contribution in [0.4, 0.5) is 0 Å². The number of hydrogen-bond acceptors (Lipinski definition) is 3. The quantitative estimate of drug-likeness (QED) is 0.929. The van der Waals surface area contributed by atoms with Crippen molar-refractivity contribution in [1.29, 1.82) is 0 Å². The van der Waals surface area contributed by atoms with Crippen LogP contribution in [-0.2, 0) is 10.2 Å². The van der Waals surface area contributed by atoms with E-state index in [9.17, 15) is 4.79 Å². The molecule has 0 saturated carbocycles. The Labute approximate surface area is 132 Å². The number of rotatable bonds is 4. The van der Waals surface area contributed by atoms with E-state index in [4.69, 9.17) is 9.84 Å². The van der Waals surface area contributed by atoms with Crippen LogP contribution in [0.15, 0.2) is 18.2 Å². The van der Waals surface area contributed by atoms with Gasteiger partial charge in [-0.3, -0.25) is 4.79 Å². The maximum atomic E-state index is 10.9. The summed E-state index contributed by atoms with van der Waals surface area (Å²) in [5.41, 5.74) is 2.80. The number of nitrogens with zero attached hydrogens (tertiary/aromatic N) is 1. The third kappa shape index (κ3) is 2.84. The normalized spacial score (nSPS) is 21.4. The molecule has 3 rings (SSSR count). The van der Waals surface area contributed by atoms with E-state index in [1.165, 1.54) is 11.1 Å². The highest BCUT2D eigenvalue weighted by Gasteiger charge is 2.42. The number of aryl methyl sites for hydroxylation is 1. The van der Waals surface area contributed by atoms with Crippen LogP contribution < -0.4 is 4.74 Å². The monoisotopic (exact) mass is 303 g/mol. The van der Waals surface area contributed by atoms with Crippen LogP contribution in [0.25, 0.3) is 0 Å². The van der Waals surface area contributed by atoms with E-state index in [1.54, 1.807) is 6.92 Å². The molecular formula is C18H25NO3. The van der Waals surface area contributed by atoms with Crippen molar-refractivity contribution >= 4 is 5.97 Å². The molecule has 1 aromatic rings. The number of likely N-dealkylation sites (tertiary alicyclic amines) is 1. The number of carbonyl (C=O) groups is 1. The number of carboxylic acids is 1. The van der Waals surface area contributed by atoms with Crippen molar-refractivity contribution in [2.24, 2.45) is 5.92 Å². The summed E-state index contributed by atoms with van der Waals surface area (Å²) in [7, 11) is 0. The number of fused-ring (bicyclic) bond motifs is 2. The largest absolute Gasteiger partial charge is 0.492 e. The smallest absolute Gasteiger partial charge is 0.306 e. The Morgan fingerprint density at radius 1 is 1.41 bits per heavy atom. The highest BCUT2D eigenvalue weighted by Crippen LogP contribution is 2.45. The Morgan fingerprint density at radius 2 is 2.14 bits per heavy atom. The van der Waals surface area contributed by atoms with Crippen molar-refractivity contribution in [3.8, 4) is 5.75 Å². The lowest BCUT2D eigenvalue weighted by atomic mass is 9.74. The first-order valence-corrected chi connectivity index (χ1v) is 8.19. The van der Waals surface area contributed by atoms with Gasteiger partial charge in [-0.05, 0) is 57.5 Å². The van der Waals surface area contributed by atoms with Gasteiger partial charge in [0.05, 0.1) is 12.5 Å². The Morgan fingerprint density at radius 3 is 2.82 bits per heavy atom. The molecular weight excluding hydrogens is 278 g/mol. The number of benzene rings is 1. The first-order chi connectivity index (χ1) is 10.5. The lowest BCUT2D eigenvalue weighted by molar-refractivity contribution is -0.141. The molecule has 1 fully saturated rings. The Bertz CT molecular complexity index is 561. The summed E-state index contributed by atoms with van der Waals surface area (Å²) in [5.74, 6) is 0.115. The van der Waals surface area contributed by atoms with E-state index >= 15 is 0 Å². The molecule has 0 radical (unpaired) electrons. The molecule has 4 heteroatoms. The molecule has 1 unspecified atom stereocenters. The summed E-state index contributed by atoms with van der Waals surface area (Å²) in [4.78, 5) is 13.3. The molecule has 1 aromatic carbocycles. The van der Waals surface area contributed by atoms with Gasteiger partial charge in [0.1, 0.15) is 5.75 Å². The summed E-state index contributed by atoms with van der Waals surface area (Å²) in [6.45, 7) is 7.63. The molecule has 1 saturated heterocycles. The third-order valence-electron chi connectivity index (χ3n) is 5.33. The average molecular weight is 303 g/mol. The zero-order chi connectivity index (χ0) is 15.7. The second kappa shape index (κ2) is 5.92. The van der Waals surface area contributed by atoms with Crippen molar-refractivity contribution in [2.75, 3.05) is 26.2 Å². The van der Waals surface area contributed by atoms with Crippen LogP contribution in [0.5, 0.6) is 5.75 Å². The fraction of sp³-hybridized carbons (Fsp3) is 0.611. The van der Waals surface area contributed by atoms with E-state index in [0.717, 1.165) is 51.3 Å². The summed E-state index contributed by atoms with van der Waals surface area (Å²) in [5, 5.41) is 8.98. The van der Waals surface area contributed by atoms with Crippen molar-refractivity contribution < 1.29 is 14.6 Å². The summed E-state index contributed by atoms with van der Waals surface area (Å²) < 4.78 is 5.94. The van der Waals surface area contributed by atoms with Gasteiger partial charge < -0.3 is 14.7 Å². The number of ether oxygens (including phenoxy) is 1. The third-order valence-corrected chi connectivity index (χ3v) is 5.33. The molecule has 2 aliphatic rings. The second-order valence-electron chi connectivity index (χ2n) is 6.94. The van der Waals surface area contributed by atoms with Gasteiger partial charge in [-0.15, -0.1) is 0 Å². The predicted octanol–water partition coefficient (Wildman–Crippen LogP) is 2.83. The van der Waals surface area contributed by atoms with Crippen LogP contribution in [0, 0.1) is 12.8 Å². The SMILES string of the molecule is Cc1ccc2c(c1)OCC21CCN(CCC(C)C(=O)O)CC1. The topological polar surface area (TPSA) is 49.8 Å². The minimum Gasteiger partial charge on any atom is -0.492 e. The zero-order valence-corrected chi connectivity index (χ0v) is 13.5. The highest BCUT2D eigenvalue weighted by atomic mass is 16.5. The Kier molecular flexibility index (Phi) is 4.13. The fourth-order valence-corrected chi connectivity index (χ4v) is 3.60. The molecule has 120 valence electrons. The van der Waals surface area contributed by atoms with Gasteiger partial charge in [0.25, 0.3) is 0 Å². The maximum absolute atomic E-state index is 10.9. The number of carboxylic acid groups (broad SMARTS) is 1. The molecule has 0 amide bonds. The Hall–Kier alpha value is -1.55. The second-order valence-corrected chi connectivity index (χ2v) is 6.94. The average Bonchev–Trinajstić information content (AvgIpc) is 2.84. The van der Waals surface area contributed by atoms with Crippen LogP contribution in [-0.4, -0.2) is 42.2 Å². The fourth-order valence-electron chi connectivity index (χ4n) is 3.60. The van der Waals surface area contributed by atoms with Crippen LogP contribution in [0.1, 0.15) is 37.3 Å². The number of aliphatic carboxylic acids is 1. The molecule has 0 bridgehead atoms. The first-order valence-electron chi connectivity index (χ1n) is 8.19. The first kappa shape index (κ1) is 15.3. The van der Waals surface area contributed by atoms with Gasteiger partial charge in [0.2, 0.25) is 0 Å². The van der Waals surface area contributed by atoms with Crippen LogP contribution in [0.2, 0.25) is 0 Å². The lowest BCUT2D eigenvalue weighted by Gasteiger charge is -2.38. The highest BCUT2D eigenvalue weighted by molar-refractivity contribution is 5.69. The zero-order valence-electron chi connectivity index (χ0n) is 13.5.